The van der Waals surface area contributed by atoms with Crippen LogP contribution >= 0.6 is 27.3 Å². The first-order chi connectivity index (χ1) is 9.65. The molecule has 0 aliphatic heterocycles. The fraction of sp³-hybridized carbons (Fsp3) is 0.286. The number of anilines is 1. The smallest absolute Gasteiger partial charge is 0.283 e. The Balaban J connectivity index is 2.11. The second-order valence-corrected chi connectivity index (χ2v) is 6.27. The van der Waals surface area contributed by atoms with Crippen LogP contribution in [-0.4, -0.2) is 9.78 Å². The van der Waals surface area contributed by atoms with Crippen LogP contribution in [0.2, 0.25) is 0 Å². The van der Waals surface area contributed by atoms with Crippen LogP contribution in [0.4, 0.5) is 5.69 Å². The molecule has 0 unspecified atom stereocenters. The van der Waals surface area contributed by atoms with Crippen LogP contribution in [0.3, 0.4) is 0 Å². The Morgan fingerprint density at radius 1 is 1.50 bits per heavy atom. The molecule has 20 heavy (non-hydrogen) atoms. The lowest BCUT2D eigenvalue weighted by molar-refractivity contribution is 0.649. The molecule has 4 nitrogen and oxygen atoms in total. The van der Waals surface area contributed by atoms with E-state index in [2.05, 4.69) is 52.0 Å². The van der Waals surface area contributed by atoms with E-state index in [4.69, 9.17) is 0 Å². The number of allylic oxidation sites excluding steroid dienone is 1. The Kier molecular flexibility index (Phi) is 5.14. The van der Waals surface area contributed by atoms with Gasteiger partial charge in [0.15, 0.2) is 0 Å². The van der Waals surface area contributed by atoms with Crippen molar-refractivity contribution in [3.8, 4) is 0 Å². The van der Waals surface area contributed by atoms with Crippen LogP contribution < -0.4 is 10.9 Å². The number of thiophene rings is 1. The summed E-state index contributed by atoms with van der Waals surface area (Å²) in [5, 5.41) is 7.34. The molecule has 0 aliphatic carbocycles. The molecule has 0 spiro atoms. The summed E-state index contributed by atoms with van der Waals surface area (Å²) in [5.41, 5.74) is 0.553. The number of aromatic nitrogens is 2. The van der Waals surface area contributed by atoms with Crippen LogP contribution in [0, 0.1) is 0 Å². The maximum Gasteiger partial charge on any atom is 0.283 e. The van der Waals surface area contributed by atoms with Gasteiger partial charge in [0.25, 0.3) is 5.56 Å². The van der Waals surface area contributed by atoms with E-state index in [1.165, 1.54) is 14.4 Å². The van der Waals surface area contributed by atoms with E-state index in [9.17, 15) is 4.79 Å². The molecule has 0 saturated carbocycles. The third kappa shape index (κ3) is 3.37. The summed E-state index contributed by atoms with van der Waals surface area (Å²) in [5.74, 6) is 0. The van der Waals surface area contributed by atoms with Gasteiger partial charge in [0.1, 0.15) is 4.47 Å². The zero-order valence-electron chi connectivity index (χ0n) is 11.2. The van der Waals surface area contributed by atoms with Gasteiger partial charge in [0, 0.05) is 16.3 Å². The monoisotopic (exact) mass is 353 g/mol. The lowest BCUT2D eigenvalue weighted by atomic mass is 10.3. The maximum absolute atomic E-state index is 12.0. The number of nitrogens with zero attached hydrogens (tertiary/aromatic N) is 2. The Labute approximate surface area is 130 Å². The molecule has 106 valence electrons. The average Bonchev–Trinajstić information content (AvgIpc) is 2.91. The molecule has 2 rings (SSSR count). The first kappa shape index (κ1) is 15.0. The van der Waals surface area contributed by atoms with Crippen molar-refractivity contribution in [2.75, 3.05) is 5.32 Å². The number of hydrogen-bond donors (Lipinski definition) is 1. The van der Waals surface area contributed by atoms with Gasteiger partial charge in [-0.3, -0.25) is 4.79 Å². The van der Waals surface area contributed by atoms with Gasteiger partial charge in [0.05, 0.1) is 18.4 Å². The first-order valence-corrected chi connectivity index (χ1v) is 7.94. The van der Waals surface area contributed by atoms with E-state index in [-0.39, 0.29) is 5.56 Å². The summed E-state index contributed by atoms with van der Waals surface area (Å²) in [6.45, 7) is 6.84. The maximum atomic E-state index is 12.0. The quantitative estimate of drug-likeness (QED) is 0.809. The molecule has 2 aromatic heterocycles. The van der Waals surface area contributed by atoms with Crippen molar-refractivity contribution in [1.29, 1.82) is 0 Å². The second kappa shape index (κ2) is 6.85. The minimum Gasteiger partial charge on any atom is -0.378 e. The highest BCUT2D eigenvalue weighted by Gasteiger charge is 2.08. The molecule has 0 atom stereocenters. The molecular formula is C14H16BrN3OS. The summed E-state index contributed by atoms with van der Waals surface area (Å²) in [6.07, 6.45) is 4.35. The molecule has 1 N–H and O–H groups in total. The number of aryl methyl sites for hydroxylation is 1. The van der Waals surface area contributed by atoms with Crippen LogP contribution in [-0.2, 0) is 19.5 Å². The normalized spacial score (nSPS) is 10.5. The molecule has 0 saturated heterocycles. The lowest BCUT2D eigenvalue weighted by Gasteiger charge is -2.08. The summed E-state index contributed by atoms with van der Waals surface area (Å²) in [6, 6.07) is 4.24. The molecule has 2 heterocycles. The van der Waals surface area contributed by atoms with E-state index in [0.29, 0.717) is 23.2 Å². The molecule has 0 aliphatic rings. The van der Waals surface area contributed by atoms with Crippen LogP contribution in [0.15, 0.2) is 40.3 Å². The van der Waals surface area contributed by atoms with E-state index in [1.54, 1.807) is 23.6 Å². The standard InChI is InChI=1S/C14H16BrN3OS/c1-3-7-18-14(19)13(15)12(9-17-18)16-8-11-6-5-10(4-2)20-11/h3,5-6,9,16H,1,4,7-8H2,2H3. The molecule has 0 aromatic carbocycles. The summed E-state index contributed by atoms with van der Waals surface area (Å²) >= 11 is 5.11. The predicted octanol–water partition coefficient (Wildman–Crippen LogP) is 3.43. The van der Waals surface area contributed by atoms with E-state index >= 15 is 0 Å². The second-order valence-electron chi connectivity index (χ2n) is 4.22. The van der Waals surface area contributed by atoms with E-state index < -0.39 is 0 Å². The molecule has 6 heteroatoms. The largest absolute Gasteiger partial charge is 0.378 e. The highest BCUT2D eigenvalue weighted by molar-refractivity contribution is 9.10. The van der Waals surface area contributed by atoms with Gasteiger partial charge in [-0.25, -0.2) is 4.68 Å². The summed E-state index contributed by atoms with van der Waals surface area (Å²) in [7, 11) is 0. The summed E-state index contributed by atoms with van der Waals surface area (Å²) < 4.78 is 1.87. The topological polar surface area (TPSA) is 46.9 Å². The van der Waals surface area contributed by atoms with E-state index in [0.717, 1.165) is 6.42 Å². The number of rotatable bonds is 6. The minimum atomic E-state index is -0.157. The SMILES string of the molecule is C=CCn1ncc(NCc2ccc(CC)s2)c(Br)c1=O. The fourth-order valence-electron chi connectivity index (χ4n) is 1.73. The van der Waals surface area contributed by atoms with Gasteiger partial charge in [-0.05, 0) is 34.5 Å². The first-order valence-electron chi connectivity index (χ1n) is 6.33. The molecule has 2 aromatic rings. The van der Waals surface area contributed by atoms with Crippen molar-refractivity contribution >= 4 is 33.0 Å². The van der Waals surface area contributed by atoms with Crippen molar-refractivity contribution in [2.45, 2.75) is 26.4 Å². The van der Waals surface area contributed by atoms with E-state index in [1.807, 2.05) is 0 Å². The van der Waals surface area contributed by atoms with Gasteiger partial charge in [-0.1, -0.05) is 13.0 Å². The molecule has 0 bridgehead atoms. The average molecular weight is 354 g/mol. The van der Waals surface area contributed by atoms with Crippen molar-refractivity contribution in [2.24, 2.45) is 0 Å². The van der Waals surface area contributed by atoms with Crippen LogP contribution in [0.5, 0.6) is 0 Å². The predicted molar refractivity (Wildman–Crippen MR) is 87.4 cm³/mol. The van der Waals surface area contributed by atoms with Gasteiger partial charge in [-0.15, -0.1) is 17.9 Å². The van der Waals surface area contributed by atoms with Gasteiger partial charge >= 0.3 is 0 Å². The molecular weight excluding hydrogens is 338 g/mol. The Morgan fingerprint density at radius 2 is 2.25 bits per heavy atom. The minimum absolute atomic E-state index is 0.157. The van der Waals surface area contributed by atoms with Crippen molar-refractivity contribution in [3.05, 3.63) is 55.6 Å². The number of hydrogen-bond acceptors (Lipinski definition) is 4. The Morgan fingerprint density at radius 3 is 2.90 bits per heavy atom. The fourth-order valence-corrected chi connectivity index (χ4v) is 3.08. The zero-order chi connectivity index (χ0) is 14.5. The highest BCUT2D eigenvalue weighted by atomic mass is 79.9. The Hall–Kier alpha value is -1.40. The van der Waals surface area contributed by atoms with Gasteiger partial charge in [-0.2, -0.15) is 5.10 Å². The summed E-state index contributed by atoms with van der Waals surface area (Å²) in [4.78, 5) is 14.6. The molecule has 0 fully saturated rings. The van der Waals surface area contributed by atoms with Crippen LogP contribution in [0.25, 0.3) is 0 Å². The lowest BCUT2D eigenvalue weighted by Crippen LogP contribution is -2.23. The highest BCUT2D eigenvalue weighted by Crippen LogP contribution is 2.21. The van der Waals surface area contributed by atoms with Crippen molar-refractivity contribution in [3.63, 3.8) is 0 Å². The van der Waals surface area contributed by atoms with Crippen molar-refractivity contribution in [1.82, 2.24) is 9.78 Å². The third-order valence-electron chi connectivity index (χ3n) is 2.81. The molecule has 0 radical (unpaired) electrons. The third-order valence-corrected chi connectivity index (χ3v) is 4.80. The van der Waals surface area contributed by atoms with Crippen LogP contribution in [0.1, 0.15) is 16.7 Å². The number of halogens is 1. The Bertz CT molecular complexity index is 663. The van der Waals surface area contributed by atoms with Gasteiger partial charge < -0.3 is 5.32 Å². The van der Waals surface area contributed by atoms with Gasteiger partial charge in [0.2, 0.25) is 0 Å². The number of nitrogens with one attached hydrogen (secondary N) is 1. The zero-order valence-corrected chi connectivity index (χ0v) is 13.6. The van der Waals surface area contributed by atoms with Crippen molar-refractivity contribution < 1.29 is 0 Å². The molecule has 0 amide bonds.